The van der Waals surface area contributed by atoms with Crippen LogP contribution in [0.1, 0.15) is 12.0 Å². The summed E-state index contributed by atoms with van der Waals surface area (Å²) in [5, 5.41) is 8.46. The summed E-state index contributed by atoms with van der Waals surface area (Å²) in [4.78, 5) is 10.4. The van der Waals surface area contributed by atoms with Crippen LogP contribution in [0.3, 0.4) is 0 Å². The second kappa shape index (κ2) is 6.10. The van der Waals surface area contributed by atoms with E-state index in [1.807, 2.05) is 0 Å². The van der Waals surface area contributed by atoms with E-state index < -0.39 is 36.6 Å². The molecule has 1 rings (SSSR count). The molecule has 1 aromatic carbocycles. The van der Waals surface area contributed by atoms with E-state index in [-0.39, 0.29) is 12.0 Å². The van der Waals surface area contributed by atoms with Gasteiger partial charge < -0.3 is 14.6 Å². The molecule has 0 saturated heterocycles. The van der Waals surface area contributed by atoms with Gasteiger partial charge in [0.25, 0.3) is 0 Å². The van der Waals surface area contributed by atoms with Gasteiger partial charge in [-0.1, -0.05) is 0 Å². The lowest BCUT2D eigenvalue weighted by molar-refractivity contribution is -0.276. The second-order valence-corrected chi connectivity index (χ2v) is 3.80. The molecule has 21 heavy (non-hydrogen) atoms. The number of carboxylic acid groups (broad SMARTS) is 1. The minimum absolute atomic E-state index is 0.0987. The van der Waals surface area contributed by atoms with Crippen LogP contribution in [-0.2, 0) is 11.2 Å². The highest BCUT2D eigenvalue weighted by atomic mass is 19.4. The van der Waals surface area contributed by atoms with Crippen molar-refractivity contribution >= 4 is 5.97 Å². The fraction of sp³-hybridized carbons (Fsp3) is 0.364. The number of aliphatic carboxylic acids is 1. The fourth-order valence-corrected chi connectivity index (χ4v) is 1.41. The number of ether oxygens (including phenoxy) is 2. The van der Waals surface area contributed by atoms with E-state index in [1.165, 1.54) is 0 Å². The number of hydrogen-bond donors (Lipinski definition) is 1. The molecular weight excluding hydrogens is 310 g/mol. The fourth-order valence-electron chi connectivity index (χ4n) is 1.41. The van der Waals surface area contributed by atoms with Crippen LogP contribution in [0.15, 0.2) is 18.2 Å². The third-order valence-corrected chi connectivity index (χ3v) is 2.03. The average molecular weight is 318 g/mol. The van der Waals surface area contributed by atoms with E-state index in [1.54, 1.807) is 0 Å². The number of carbonyl (C=O) groups is 1. The van der Waals surface area contributed by atoms with Crippen molar-refractivity contribution in [1.82, 2.24) is 0 Å². The number of carboxylic acids is 1. The Morgan fingerprint density at radius 3 is 1.71 bits per heavy atom. The molecule has 0 aliphatic rings. The maximum Gasteiger partial charge on any atom is 0.573 e. The van der Waals surface area contributed by atoms with Gasteiger partial charge in [-0.05, 0) is 24.1 Å². The minimum Gasteiger partial charge on any atom is -0.481 e. The van der Waals surface area contributed by atoms with Crippen molar-refractivity contribution in [2.45, 2.75) is 25.6 Å². The summed E-state index contributed by atoms with van der Waals surface area (Å²) in [5.74, 6) is -3.11. The molecule has 0 unspecified atom stereocenters. The van der Waals surface area contributed by atoms with Crippen LogP contribution in [0.2, 0.25) is 0 Å². The van der Waals surface area contributed by atoms with Crippen molar-refractivity contribution in [2.75, 3.05) is 0 Å². The van der Waals surface area contributed by atoms with Gasteiger partial charge in [0, 0.05) is 12.5 Å². The molecule has 0 atom stereocenters. The Hall–Kier alpha value is -2.13. The van der Waals surface area contributed by atoms with E-state index in [2.05, 4.69) is 9.47 Å². The standard InChI is InChI=1S/C11H8F6O4/c12-10(13,14)20-7-3-6(1-2-9(18)19)4-8(5-7)21-11(15,16)17/h3-5H,1-2H2,(H,18,19). The van der Waals surface area contributed by atoms with Crippen molar-refractivity contribution in [3.05, 3.63) is 23.8 Å². The third kappa shape index (κ3) is 7.28. The first-order valence-electron chi connectivity index (χ1n) is 5.32. The third-order valence-electron chi connectivity index (χ3n) is 2.03. The first-order valence-corrected chi connectivity index (χ1v) is 5.32. The maximum atomic E-state index is 12.1. The van der Waals surface area contributed by atoms with Crippen LogP contribution in [0.4, 0.5) is 26.3 Å². The molecule has 0 fully saturated rings. The van der Waals surface area contributed by atoms with Gasteiger partial charge in [0.15, 0.2) is 0 Å². The van der Waals surface area contributed by atoms with Gasteiger partial charge in [0.1, 0.15) is 11.5 Å². The Kier molecular flexibility index (Phi) is 4.92. The normalized spacial score (nSPS) is 12.1. The molecule has 4 nitrogen and oxygen atoms in total. The van der Waals surface area contributed by atoms with Gasteiger partial charge in [-0.2, -0.15) is 0 Å². The molecule has 0 aliphatic heterocycles. The van der Waals surface area contributed by atoms with E-state index in [9.17, 15) is 31.1 Å². The number of rotatable bonds is 5. The molecule has 0 saturated carbocycles. The van der Waals surface area contributed by atoms with E-state index >= 15 is 0 Å². The number of aryl methyl sites for hydroxylation is 1. The molecule has 118 valence electrons. The molecule has 0 aliphatic carbocycles. The Morgan fingerprint density at radius 1 is 0.952 bits per heavy atom. The van der Waals surface area contributed by atoms with Crippen LogP contribution < -0.4 is 9.47 Å². The summed E-state index contributed by atoms with van der Waals surface area (Å²) in [6, 6.07) is 1.99. The Labute approximate surface area is 113 Å². The topological polar surface area (TPSA) is 55.8 Å². The first kappa shape index (κ1) is 16.9. The van der Waals surface area contributed by atoms with Crippen molar-refractivity contribution in [3.8, 4) is 11.5 Å². The SMILES string of the molecule is O=C(O)CCc1cc(OC(F)(F)F)cc(OC(F)(F)F)c1. The molecule has 0 aromatic heterocycles. The zero-order valence-electron chi connectivity index (χ0n) is 10.1. The first-order chi connectivity index (χ1) is 9.44. The van der Waals surface area contributed by atoms with Crippen LogP contribution in [0, 0.1) is 0 Å². The second-order valence-electron chi connectivity index (χ2n) is 3.80. The number of halogens is 6. The summed E-state index contributed by atoms with van der Waals surface area (Å²) in [5.41, 5.74) is -0.0987. The highest BCUT2D eigenvalue weighted by Gasteiger charge is 2.33. The van der Waals surface area contributed by atoms with Crippen molar-refractivity contribution in [1.29, 1.82) is 0 Å². The zero-order chi connectivity index (χ0) is 16.3. The molecule has 10 heteroatoms. The van der Waals surface area contributed by atoms with Gasteiger partial charge in [0.05, 0.1) is 0 Å². The summed E-state index contributed by atoms with van der Waals surface area (Å²) in [6.07, 6.45) is -10.9. The molecular formula is C11H8F6O4. The smallest absolute Gasteiger partial charge is 0.481 e. The van der Waals surface area contributed by atoms with Crippen LogP contribution in [0.5, 0.6) is 11.5 Å². The summed E-state index contributed by atoms with van der Waals surface area (Å²) < 4.78 is 79.5. The van der Waals surface area contributed by atoms with Crippen LogP contribution in [0.25, 0.3) is 0 Å². The van der Waals surface area contributed by atoms with E-state index in [0.29, 0.717) is 6.07 Å². The number of benzene rings is 1. The molecule has 0 amide bonds. The molecule has 0 spiro atoms. The summed E-state index contributed by atoms with van der Waals surface area (Å²) in [7, 11) is 0. The lowest BCUT2D eigenvalue weighted by Gasteiger charge is -2.14. The van der Waals surface area contributed by atoms with Gasteiger partial charge in [-0.25, -0.2) is 0 Å². The van der Waals surface area contributed by atoms with Gasteiger partial charge >= 0.3 is 18.7 Å². The van der Waals surface area contributed by atoms with Crippen molar-refractivity contribution < 1.29 is 45.7 Å². The van der Waals surface area contributed by atoms with Crippen molar-refractivity contribution in [3.63, 3.8) is 0 Å². The van der Waals surface area contributed by atoms with Crippen LogP contribution >= 0.6 is 0 Å². The molecule has 0 radical (unpaired) electrons. The lowest BCUT2D eigenvalue weighted by Crippen LogP contribution is -2.19. The highest BCUT2D eigenvalue weighted by Crippen LogP contribution is 2.31. The zero-order valence-corrected chi connectivity index (χ0v) is 10.1. The average Bonchev–Trinajstić information content (AvgIpc) is 2.20. The summed E-state index contributed by atoms with van der Waals surface area (Å²) >= 11 is 0. The summed E-state index contributed by atoms with van der Waals surface area (Å²) in [6.45, 7) is 0. The minimum atomic E-state index is -5.10. The Bertz CT molecular complexity index is 474. The van der Waals surface area contributed by atoms with Gasteiger partial charge in [0.2, 0.25) is 0 Å². The lowest BCUT2D eigenvalue weighted by atomic mass is 10.1. The highest BCUT2D eigenvalue weighted by molar-refractivity contribution is 5.67. The quantitative estimate of drug-likeness (QED) is 0.844. The van der Waals surface area contributed by atoms with Crippen LogP contribution in [-0.4, -0.2) is 23.8 Å². The van der Waals surface area contributed by atoms with E-state index in [4.69, 9.17) is 5.11 Å². The predicted molar refractivity (Wildman–Crippen MR) is 55.8 cm³/mol. The largest absolute Gasteiger partial charge is 0.573 e. The monoisotopic (exact) mass is 318 g/mol. The van der Waals surface area contributed by atoms with Gasteiger partial charge in [-0.15, -0.1) is 26.3 Å². The molecule has 1 N–H and O–H groups in total. The molecule has 1 aromatic rings. The molecule has 0 bridgehead atoms. The van der Waals surface area contributed by atoms with Crippen molar-refractivity contribution in [2.24, 2.45) is 0 Å². The van der Waals surface area contributed by atoms with Gasteiger partial charge in [-0.3, -0.25) is 4.79 Å². The number of hydrogen-bond acceptors (Lipinski definition) is 3. The Balaban J connectivity index is 3.04. The molecule has 0 heterocycles. The number of alkyl halides is 6. The Morgan fingerprint density at radius 2 is 1.38 bits per heavy atom. The maximum absolute atomic E-state index is 12.1. The van der Waals surface area contributed by atoms with E-state index in [0.717, 1.165) is 12.1 Å². The predicted octanol–water partition coefficient (Wildman–Crippen LogP) is 3.50.